The zero-order valence-corrected chi connectivity index (χ0v) is 13.1. The molecule has 0 atom stereocenters. The van der Waals surface area contributed by atoms with Crippen LogP contribution in [0.15, 0.2) is 18.3 Å². The van der Waals surface area contributed by atoms with E-state index in [1.54, 1.807) is 0 Å². The molecule has 10 heteroatoms. The van der Waals surface area contributed by atoms with Crippen molar-refractivity contribution in [2.75, 3.05) is 5.32 Å². The van der Waals surface area contributed by atoms with Crippen molar-refractivity contribution in [3.8, 4) is 0 Å². The van der Waals surface area contributed by atoms with E-state index in [0.717, 1.165) is 4.68 Å². The molecule has 0 spiro atoms. The van der Waals surface area contributed by atoms with Crippen LogP contribution in [0.5, 0.6) is 0 Å². The smallest absolute Gasteiger partial charge is 0.364 e. The van der Waals surface area contributed by atoms with Crippen molar-refractivity contribution in [3.63, 3.8) is 0 Å². The maximum atomic E-state index is 13.5. The van der Waals surface area contributed by atoms with Gasteiger partial charge < -0.3 is 11.1 Å². The monoisotopic (exact) mass is 353 g/mol. The van der Waals surface area contributed by atoms with Crippen LogP contribution in [-0.2, 0) is 13.2 Å². The van der Waals surface area contributed by atoms with E-state index in [0.29, 0.717) is 12.8 Å². The Labute approximate surface area is 140 Å². The van der Waals surface area contributed by atoms with Gasteiger partial charge in [-0.25, -0.2) is 0 Å². The fourth-order valence-corrected chi connectivity index (χ4v) is 2.56. The molecule has 132 valence electrons. The Morgan fingerprint density at radius 2 is 2.04 bits per heavy atom. The molecule has 0 unspecified atom stereocenters. The van der Waals surface area contributed by atoms with Gasteiger partial charge in [-0.05, 0) is 25.0 Å². The first-order valence-electron chi connectivity index (χ1n) is 7.39. The molecular weight excluding hydrogens is 339 g/mol. The van der Waals surface area contributed by atoms with E-state index < -0.39 is 29.2 Å². The molecule has 0 saturated heterocycles. The first kappa shape index (κ1) is 16.9. The quantitative estimate of drug-likeness (QED) is 0.878. The van der Waals surface area contributed by atoms with Gasteiger partial charge in [0, 0.05) is 24.8 Å². The predicted octanol–water partition coefficient (Wildman–Crippen LogP) is 2.06. The lowest BCUT2D eigenvalue weighted by atomic mass is 10.1. The average molecular weight is 353 g/mol. The fourth-order valence-electron chi connectivity index (χ4n) is 2.56. The summed E-state index contributed by atoms with van der Waals surface area (Å²) >= 11 is 0. The number of hydrogen-bond acceptors (Lipinski definition) is 4. The van der Waals surface area contributed by atoms with Crippen molar-refractivity contribution in [1.29, 1.82) is 0 Å². The summed E-state index contributed by atoms with van der Waals surface area (Å²) in [5.41, 5.74) is 3.39. The number of alkyl halides is 3. The molecule has 1 aliphatic rings. The van der Waals surface area contributed by atoms with Crippen LogP contribution in [0.3, 0.4) is 0 Å². The van der Waals surface area contributed by atoms with E-state index in [9.17, 15) is 22.8 Å². The first-order valence-corrected chi connectivity index (χ1v) is 7.39. The van der Waals surface area contributed by atoms with Crippen molar-refractivity contribution in [2.45, 2.75) is 24.9 Å². The summed E-state index contributed by atoms with van der Waals surface area (Å²) in [5, 5.41) is 6.23. The first-order chi connectivity index (χ1) is 11.7. The zero-order valence-electron chi connectivity index (χ0n) is 13.1. The Bertz CT molecular complexity index is 855. The van der Waals surface area contributed by atoms with Crippen molar-refractivity contribution in [1.82, 2.24) is 14.8 Å². The maximum absolute atomic E-state index is 13.5. The number of anilines is 1. The molecule has 1 fully saturated rings. The molecule has 3 N–H and O–H groups in total. The van der Waals surface area contributed by atoms with Crippen LogP contribution in [0.2, 0.25) is 0 Å². The van der Waals surface area contributed by atoms with E-state index >= 15 is 0 Å². The minimum Gasteiger partial charge on any atom is -0.364 e. The molecule has 0 aromatic carbocycles. The topological polar surface area (TPSA) is 103 Å². The summed E-state index contributed by atoms with van der Waals surface area (Å²) in [5.74, 6) is -2.06. The van der Waals surface area contributed by atoms with Gasteiger partial charge in [0.25, 0.3) is 11.8 Å². The molecule has 25 heavy (non-hydrogen) atoms. The predicted molar refractivity (Wildman–Crippen MR) is 80.9 cm³/mol. The SMILES string of the molecule is Cn1nc(C2CC2)c(C(F)(F)F)c1C(=O)Nc1ccnc(C(N)=O)c1. The third-order valence-corrected chi connectivity index (χ3v) is 3.81. The van der Waals surface area contributed by atoms with E-state index in [1.165, 1.54) is 25.4 Å². The van der Waals surface area contributed by atoms with Crippen molar-refractivity contribution in [3.05, 3.63) is 41.0 Å². The van der Waals surface area contributed by atoms with Crippen LogP contribution < -0.4 is 11.1 Å². The lowest BCUT2D eigenvalue weighted by Gasteiger charge is -2.11. The van der Waals surface area contributed by atoms with Gasteiger partial charge in [-0.15, -0.1) is 0 Å². The number of aromatic nitrogens is 3. The molecule has 2 amide bonds. The van der Waals surface area contributed by atoms with Gasteiger partial charge >= 0.3 is 6.18 Å². The highest BCUT2D eigenvalue weighted by Crippen LogP contribution is 2.46. The summed E-state index contributed by atoms with van der Waals surface area (Å²) in [4.78, 5) is 27.3. The Balaban J connectivity index is 1.97. The van der Waals surface area contributed by atoms with E-state index in [2.05, 4.69) is 15.4 Å². The minimum atomic E-state index is -4.70. The van der Waals surface area contributed by atoms with Crippen molar-refractivity contribution >= 4 is 17.5 Å². The molecule has 0 bridgehead atoms. The van der Waals surface area contributed by atoms with Gasteiger partial charge in [0.2, 0.25) is 0 Å². The Morgan fingerprint density at radius 1 is 1.36 bits per heavy atom. The second kappa shape index (κ2) is 5.87. The number of nitrogens with zero attached hydrogens (tertiary/aromatic N) is 3. The van der Waals surface area contributed by atoms with Gasteiger partial charge in [0.1, 0.15) is 17.0 Å². The molecule has 2 aromatic rings. The van der Waals surface area contributed by atoms with Gasteiger partial charge in [-0.2, -0.15) is 18.3 Å². The largest absolute Gasteiger partial charge is 0.420 e. The molecule has 3 rings (SSSR count). The number of rotatable bonds is 4. The van der Waals surface area contributed by atoms with Crippen LogP contribution in [0.25, 0.3) is 0 Å². The third-order valence-electron chi connectivity index (χ3n) is 3.81. The number of aryl methyl sites for hydroxylation is 1. The molecule has 1 aliphatic carbocycles. The number of primary amides is 1. The normalized spacial score (nSPS) is 14.4. The van der Waals surface area contributed by atoms with E-state index in [4.69, 9.17) is 5.73 Å². The highest BCUT2D eigenvalue weighted by Gasteiger charge is 2.45. The number of nitrogens with two attached hydrogens (primary N) is 1. The number of pyridine rings is 1. The Kier molecular flexibility index (Phi) is 3.97. The molecule has 7 nitrogen and oxygen atoms in total. The number of carbonyl (C=O) groups excluding carboxylic acids is 2. The molecular formula is C15H14F3N5O2. The number of nitrogens with one attached hydrogen (secondary N) is 1. The summed E-state index contributed by atoms with van der Waals surface area (Å²) in [6.45, 7) is 0. The van der Waals surface area contributed by atoms with Crippen molar-refractivity contribution < 1.29 is 22.8 Å². The van der Waals surface area contributed by atoms with Crippen molar-refractivity contribution in [2.24, 2.45) is 12.8 Å². The highest BCUT2D eigenvalue weighted by atomic mass is 19.4. The van der Waals surface area contributed by atoms with Crippen LogP contribution in [0.1, 0.15) is 51.0 Å². The molecule has 1 saturated carbocycles. The number of hydrogen-bond donors (Lipinski definition) is 2. The highest BCUT2D eigenvalue weighted by molar-refractivity contribution is 6.05. The third kappa shape index (κ3) is 3.32. The van der Waals surface area contributed by atoms with Gasteiger partial charge in [-0.3, -0.25) is 19.3 Å². The van der Waals surface area contributed by atoms with Crippen LogP contribution in [0.4, 0.5) is 18.9 Å². The second-order valence-corrected chi connectivity index (χ2v) is 5.75. The zero-order chi connectivity index (χ0) is 18.4. The second-order valence-electron chi connectivity index (χ2n) is 5.75. The minimum absolute atomic E-state index is 0.104. The summed E-state index contributed by atoms with van der Waals surface area (Å²) in [6, 6.07) is 2.53. The number of amides is 2. The van der Waals surface area contributed by atoms with E-state index in [1.807, 2.05) is 0 Å². The summed E-state index contributed by atoms with van der Waals surface area (Å²) < 4.78 is 41.4. The standard InChI is InChI=1S/C15H14F3N5O2/c1-23-12(10(15(16,17)18)11(22-23)7-2-3-7)14(25)21-8-4-5-20-9(6-8)13(19)24/h4-7H,2-3H2,1H3,(H2,19,24)(H,20,21,25). The van der Waals surface area contributed by atoms with E-state index in [-0.39, 0.29) is 23.0 Å². The number of carbonyl (C=O) groups is 2. The maximum Gasteiger partial charge on any atom is 0.420 e. The number of halogens is 3. The summed E-state index contributed by atoms with van der Waals surface area (Å²) in [7, 11) is 1.29. The molecule has 0 radical (unpaired) electrons. The molecule has 2 heterocycles. The Morgan fingerprint density at radius 3 is 2.60 bits per heavy atom. The fraction of sp³-hybridized carbons (Fsp3) is 0.333. The summed E-state index contributed by atoms with van der Waals surface area (Å²) in [6.07, 6.45) is -2.24. The lowest BCUT2D eigenvalue weighted by Crippen LogP contribution is -2.22. The van der Waals surface area contributed by atoms with Gasteiger partial charge in [0.05, 0.1) is 5.69 Å². The molecule has 0 aliphatic heterocycles. The average Bonchev–Trinajstić information content (AvgIpc) is 3.29. The lowest BCUT2D eigenvalue weighted by molar-refractivity contribution is -0.138. The van der Waals surface area contributed by atoms with Crippen LogP contribution in [-0.4, -0.2) is 26.6 Å². The molecule has 2 aromatic heterocycles. The van der Waals surface area contributed by atoms with Crippen LogP contribution >= 0.6 is 0 Å². The van der Waals surface area contributed by atoms with Crippen LogP contribution in [0, 0.1) is 0 Å². The van der Waals surface area contributed by atoms with Gasteiger partial charge in [-0.1, -0.05) is 0 Å². The Hall–Kier alpha value is -2.91. The van der Waals surface area contributed by atoms with Gasteiger partial charge in [0.15, 0.2) is 0 Å².